The molecule has 1 aromatic carbocycles. The maximum Gasteiger partial charge on any atom is 0.224 e. The number of rotatable bonds is 7. The number of ether oxygens (including phenoxy) is 2. The topological polar surface area (TPSA) is 76.6 Å². The van der Waals surface area contributed by atoms with Gasteiger partial charge >= 0.3 is 0 Å². The van der Waals surface area contributed by atoms with Gasteiger partial charge in [0.15, 0.2) is 0 Å². The zero-order valence-electron chi connectivity index (χ0n) is 15.3. The van der Waals surface area contributed by atoms with Gasteiger partial charge in [0.2, 0.25) is 11.8 Å². The number of aromatic nitrogens is 2. The number of anilines is 1. The second-order valence-corrected chi connectivity index (χ2v) is 6.58. The largest absolute Gasteiger partial charge is 0.476 e. The van der Waals surface area contributed by atoms with Gasteiger partial charge in [-0.15, -0.1) is 0 Å². The molecule has 1 amide bonds. The lowest BCUT2D eigenvalue weighted by atomic mass is 10.1. The Hall–Kier alpha value is -2.38. The van der Waals surface area contributed by atoms with E-state index in [1.54, 1.807) is 6.07 Å². The maximum absolute atomic E-state index is 12.0. The van der Waals surface area contributed by atoms with Gasteiger partial charge in [-0.3, -0.25) is 4.79 Å². The van der Waals surface area contributed by atoms with Crippen LogP contribution >= 0.6 is 11.6 Å². The number of carbonyl (C=O) groups excluding carboxylic acids is 1. The number of morpholine rings is 1. The molecule has 0 saturated carbocycles. The van der Waals surface area contributed by atoms with Gasteiger partial charge < -0.3 is 19.7 Å². The molecule has 1 aliphatic heterocycles. The molecule has 2 aromatic rings. The van der Waals surface area contributed by atoms with Crippen LogP contribution in [0.5, 0.6) is 5.88 Å². The highest BCUT2D eigenvalue weighted by Gasteiger charge is 2.14. The summed E-state index contributed by atoms with van der Waals surface area (Å²) in [7, 11) is 0. The summed E-state index contributed by atoms with van der Waals surface area (Å²) < 4.78 is 11.1. The van der Waals surface area contributed by atoms with Crippen LogP contribution in [0.1, 0.15) is 11.4 Å². The van der Waals surface area contributed by atoms with E-state index in [9.17, 15) is 4.79 Å². The zero-order valence-corrected chi connectivity index (χ0v) is 16.0. The first kappa shape index (κ1) is 19.4. The molecule has 1 saturated heterocycles. The van der Waals surface area contributed by atoms with Crippen LogP contribution in [0.3, 0.4) is 0 Å². The number of benzene rings is 1. The number of halogens is 1. The fourth-order valence-electron chi connectivity index (χ4n) is 2.78. The van der Waals surface area contributed by atoms with E-state index in [-0.39, 0.29) is 12.3 Å². The van der Waals surface area contributed by atoms with Gasteiger partial charge in [0.25, 0.3) is 0 Å². The van der Waals surface area contributed by atoms with Crippen LogP contribution in [0.15, 0.2) is 30.3 Å². The molecule has 8 heteroatoms. The van der Waals surface area contributed by atoms with Gasteiger partial charge in [-0.2, -0.15) is 4.98 Å². The van der Waals surface area contributed by atoms with Gasteiger partial charge in [-0.05, 0) is 18.6 Å². The third-order valence-corrected chi connectivity index (χ3v) is 4.49. The highest BCUT2D eigenvalue weighted by Crippen LogP contribution is 2.18. The van der Waals surface area contributed by atoms with Gasteiger partial charge in [0.05, 0.1) is 26.2 Å². The molecule has 2 heterocycles. The third-order valence-electron chi connectivity index (χ3n) is 4.12. The molecule has 7 nitrogen and oxygen atoms in total. The minimum absolute atomic E-state index is 0.0976. The normalized spacial score (nSPS) is 14.1. The van der Waals surface area contributed by atoms with Crippen LogP contribution in [0.4, 0.5) is 5.82 Å². The van der Waals surface area contributed by atoms with E-state index in [2.05, 4.69) is 20.2 Å². The molecule has 0 spiro atoms. The summed E-state index contributed by atoms with van der Waals surface area (Å²) in [6, 6.07) is 9.14. The fourth-order valence-corrected chi connectivity index (χ4v) is 2.98. The van der Waals surface area contributed by atoms with Gasteiger partial charge in [0, 0.05) is 24.2 Å². The van der Waals surface area contributed by atoms with Crippen LogP contribution in [0, 0.1) is 6.92 Å². The predicted molar refractivity (Wildman–Crippen MR) is 103 cm³/mol. The molecule has 1 fully saturated rings. The second kappa shape index (κ2) is 9.53. The van der Waals surface area contributed by atoms with Gasteiger partial charge in [-0.25, -0.2) is 4.98 Å². The fraction of sp³-hybridized carbons (Fsp3) is 0.421. The van der Waals surface area contributed by atoms with Crippen molar-refractivity contribution in [3.05, 3.63) is 46.7 Å². The van der Waals surface area contributed by atoms with Crippen LogP contribution < -0.4 is 15.0 Å². The predicted octanol–water partition coefficient (Wildman–Crippen LogP) is 2.01. The minimum Gasteiger partial charge on any atom is -0.476 e. The standard InChI is InChI=1S/C19H23ClN4O3/c1-14-22-17(24-7-10-26-11-8-24)13-19(23-14)27-9-6-21-18(25)12-15-4-2-3-5-16(15)20/h2-5,13H,6-12H2,1H3,(H,21,25). The first-order valence-corrected chi connectivity index (χ1v) is 9.31. The first-order chi connectivity index (χ1) is 13.1. The molecule has 0 aliphatic carbocycles. The van der Waals surface area contributed by atoms with Gasteiger partial charge in [0.1, 0.15) is 18.2 Å². The molecule has 1 N–H and O–H groups in total. The smallest absolute Gasteiger partial charge is 0.224 e. The van der Waals surface area contributed by atoms with Crippen molar-refractivity contribution in [2.45, 2.75) is 13.3 Å². The number of amides is 1. The highest BCUT2D eigenvalue weighted by molar-refractivity contribution is 6.31. The minimum atomic E-state index is -0.0976. The van der Waals surface area contributed by atoms with Crippen molar-refractivity contribution in [2.75, 3.05) is 44.4 Å². The van der Waals surface area contributed by atoms with E-state index in [1.807, 2.05) is 31.2 Å². The average Bonchev–Trinajstić information content (AvgIpc) is 2.67. The number of nitrogens with zero attached hydrogens (tertiary/aromatic N) is 3. The second-order valence-electron chi connectivity index (χ2n) is 6.18. The summed E-state index contributed by atoms with van der Waals surface area (Å²) in [5.41, 5.74) is 0.805. The summed E-state index contributed by atoms with van der Waals surface area (Å²) in [5.74, 6) is 1.89. The van der Waals surface area contributed by atoms with Crippen LogP contribution in [-0.2, 0) is 16.0 Å². The Bertz CT molecular complexity index is 781. The molecule has 144 valence electrons. The van der Waals surface area contributed by atoms with Crippen molar-refractivity contribution < 1.29 is 14.3 Å². The molecule has 1 aliphatic rings. The Labute approximate surface area is 163 Å². The SMILES string of the molecule is Cc1nc(OCCNC(=O)Cc2ccccc2Cl)cc(N2CCOCC2)n1. The highest BCUT2D eigenvalue weighted by atomic mass is 35.5. The number of aryl methyl sites for hydroxylation is 1. The number of nitrogens with one attached hydrogen (secondary N) is 1. The Kier molecular flexibility index (Phi) is 6.84. The summed E-state index contributed by atoms with van der Waals surface area (Å²) in [4.78, 5) is 22.9. The maximum atomic E-state index is 12.0. The summed E-state index contributed by atoms with van der Waals surface area (Å²) in [5, 5.41) is 3.42. The van der Waals surface area contributed by atoms with Crippen molar-refractivity contribution in [3.8, 4) is 5.88 Å². The monoisotopic (exact) mass is 390 g/mol. The molecule has 0 atom stereocenters. The lowest BCUT2D eigenvalue weighted by molar-refractivity contribution is -0.120. The van der Waals surface area contributed by atoms with Crippen LogP contribution in [0.2, 0.25) is 5.02 Å². The molecule has 0 radical (unpaired) electrons. The van der Waals surface area contributed by atoms with E-state index in [0.717, 1.165) is 24.5 Å². The number of hydrogen-bond donors (Lipinski definition) is 1. The average molecular weight is 391 g/mol. The summed E-state index contributed by atoms with van der Waals surface area (Å²) >= 11 is 6.07. The van der Waals surface area contributed by atoms with Crippen LogP contribution in [-0.4, -0.2) is 55.3 Å². The van der Waals surface area contributed by atoms with E-state index in [0.29, 0.717) is 43.1 Å². The molecule has 0 unspecified atom stereocenters. The van der Waals surface area contributed by atoms with E-state index in [1.165, 1.54) is 0 Å². The van der Waals surface area contributed by atoms with E-state index < -0.39 is 0 Å². The molecule has 0 bridgehead atoms. The van der Waals surface area contributed by atoms with Crippen molar-refractivity contribution >= 4 is 23.3 Å². The first-order valence-electron chi connectivity index (χ1n) is 8.93. The van der Waals surface area contributed by atoms with Crippen LogP contribution in [0.25, 0.3) is 0 Å². The Morgan fingerprint density at radius 2 is 2.07 bits per heavy atom. The molecule has 1 aromatic heterocycles. The zero-order chi connectivity index (χ0) is 19.1. The molecular weight excluding hydrogens is 368 g/mol. The lowest BCUT2D eigenvalue weighted by Gasteiger charge is -2.28. The molecule has 27 heavy (non-hydrogen) atoms. The van der Waals surface area contributed by atoms with Crippen molar-refractivity contribution in [1.82, 2.24) is 15.3 Å². The third kappa shape index (κ3) is 5.80. The molecule has 3 rings (SSSR count). The van der Waals surface area contributed by atoms with Crippen molar-refractivity contribution in [1.29, 1.82) is 0 Å². The Morgan fingerprint density at radius 1 is 1.30 bits per heavy atom. The lowest BCUT2D eigenvalue weighted by Crippen LogP contribution is -2.37. The Balaban J connectivity index is 1.46. The summed E-state index contributed by atoms with van der Waals surface area (Å²) in [6.45, 7) is 5.53. The number of carbonyl (C=O) groups is 1. The van der Waals surface area contributed by atoms with Gasteiger partial charge in [-0.1, -0.05) is 29.8 Å². The van der Waals surface area contributed by atoms with E-state index in [4.69, 9.17) is 21.1 Å². The Morgan fingerprint density at radius 3 is 2.85 bits per heavy atom. The van der Waals surface area contributed by atoms with Crippen molar-refractivity contribution in [3.63, 3.8) is 0 Å². The number of hydrogen-bond acceptors (Lipinski definition) is 6. The summed E-state index contributed by atoms with van der Waals surface area (Å²) in [6.07, 6.45) is 0.244. The van der Waals surface area contributed by atoms with E-state index >= 15 is 0 Å². The molecular formula is C19H23ClN4O3. The van der Waals surface area contributed by atoms with Crippen molar-refractivity contribution in [2.24, 2.45) is 0 Å². The quantitative estimate of drug-likeness (QED) is 0.729.